The van der Waals surface area contributed by atoms with Gasteiger partial charge in [0.2, 0.25) is 5.91 Å². The Morgan fingerprint density at radius 3 is 2.63 bits per heavy atom. The Balaban J connectivity index is 1.16. The molecule has 0 spiro atoms. The van der Waals surface area contributed by atoms with Crippen LogP contribution in [-0.4, -0.2) is 66.4 Å². The largest absolute Gasteiger partial charge is 0.378 e. The summed E-state index contributed by atoms with van der Waals surface area (Å²) in [6.07, 6.45) is 7.33. The third-order valence-corrected chi connectivity index (χ3v) is 8.08. The average molecular weight is 380 g/mol. The fraction of sp³-hybridized carbons (Fsp3) is 0.952. The van der Waals surface area contributed by atoms with Gasteiger partial charge in [0.25, 0.3) is 0 Å². The molecule has 2 saturated carbocycles. The van der Waals surface area contributed by atoms with Crippen LogP contribution in [0.5, 0.6) is 0 Å². The summed E-state index contributed by atoms with van der Waals surface area (Å²) in [5.74, 6) is 0.581. The van der Waals surface area contributed by atoms with Crippen molar-refractivity contribution in [2.75, 3.05) is 13.2 Å². The number of hydrogen-bond donors (Lipinski definition) is 2. The molecule has 152 valence electrons. The normalized spacial score (nSPS) is 49.9. The van der Waals surface area contributed by atoms with Gasteiger partial charge in [-0.2, -0.15) is 0 Å². The number of rotatable bonds is 3. The maximum absolute atomic E-state index is 14.3. The van der Waals surface area contributed by atoms with Crippen LogP contribution in [0.3, 0.4) is 0 Å². The van der Waals surface area contributed by atoms with Crippen LogP contribution < -0.4 is 10.6 Å². The lowest BCUT2D eigenvalue weighted by molar-refractivity contribution is -0.153. The van der Waals surface area contributed by atoms with E-state index in [0.29, 0.717) is 36.9 Å². The Morgan fingerprint density at radius 2 is 1.89 bits per heavy atom. The molecule has 1 amide bonds. The molecule has 27 heavy (non-hydrogen) atoms. The summed E-state index contributed by atoms with van der Waals surface area (Å²) < 4.78 is 19.9. The number of morpholine rings is 1. The number of halogens is 1. The van der Waals surface area contributed by atoms with Crippen LogP contribution in [-0.2, 0) is 9.53 Å². The second-order valence-electron chi connectivity index (χ2n) is 9.77. The molecule has 2 bridgehead atoms. The van der Waals surface area contributed by atoms with E-state index in [1.54, 1.807) is 0 Å². The Hall–Kier alpha value is -0.720. The molecule has 5 aliphatic rings. The van der Waals surface area contributed by atoms with Gasteiger partial charge in [-0.05, 0) is 57.3 Å². The molecule has 0 aromatic heterocycles. The summed E-state index contributed by atoms with van der Waals surface area (Å²) >= 11 is 0. The quantitative estimate of drug-likeness (QED) is 0.788. The molecule has 3 saturated heterocycles. The van der Waals surface area contributed by atoms with Crippen molar-refractivity contribution in [3.63, 3.8) is 0 Å². The van der Waals surface area contributed by atoms with E-state index in [4.69, 9.17) is 4.74 Å². The number of carbonyl (C=O) groups is 1. The predicted octanol–water partition coefficient (Wildman–Crippen LogP) is 2.00. The first-order valence-corrected chi connectivity index (χ1v) is 11.2. The summed E-state index contributed by atoms with van der Waals surface area (Å²) in [5, 5.41) is 6.79. The highest BCUT2D eigenvalue weighted by Crippen LogP contribution is 2.39. The number of amides is 1. The van der Waals surface area contributed by atoms with Crippen molar-refractivity contribution in [1.82, 2.24) is 15.5 Å². The molecule has 5 nitrogen and oxygen atoms in total. The molecule has 2 aliphatic carbocycles. The zero-order chi connectivity index (χ0) is 18.5. The van der Waals surface area contributed by atoms with E-state index >= 15 is 0 Å². The zero-order valence-electron chi connectivity index (χ0n) is 16.4. The third-order valence-electron chi connectivity index (χ3n) is 8.08. The van der Waals surface area contributed by atoms with E-state index in [1.807, 2.05) is 0 Å². The molecule has 5 fully saturated rings. The minimum absolute atomic E-state index is 0.0177. The summed E-state index contributed by atoms with van der Waals surface area (Å²) in [6, 6.07) is 2.02. The van der Waals surface area contributed by atoms with Crippen molar-refractivity contribution in [3.8, 4) is 0 Å². The second kappa shape index (κ2) is 7.27. The molecule has 0 aromatic rings. The predicted molar refractivity (Wildman–Crippen MR) is 101 cm³/mol. The fourth-order valence-corrected chi connectivity index (χ4v) is 6.63. The fourth-order valence-electron chi connectivity index (χ4n) is 6.63. The SMILES string of the molecule is CC1CCC(F)C2CC(C(=O)NC3CCCC(N4C5COCC4C5)C3)NC12. The smallest absolute Gasteiger partial charge is 0.237 e. The van der Waals surface area contributed by atoms with Crippen LogP contribution in [0.4, 0.5) is 4.39 Å². The van der Waals surface area contributed by atoms with E-state index in [-0.39, 0.29) is 30.0 Å². The van der Waals surface area contributed by atoms with Crippen LogP contribution in [0.1, 0.15) is 58.3 Å². The van der Waals surface area contributed by atoms with E-state index in [9.17, 15) is 9.18 Å². The number of carbonyl (C=O) groups excluding carboxylic acids is 1. The van der Waals surface area contributed by atoms with Gasteiger partial charge in [-0.15, -0.1) is 0 Å². The highest BCUT2D eigenvalue weighted by Gasteiger charge is 2.48. The summed E-state index contributed by atoms with van der Waals surface area (Å²) in [4.78, 5) is 15.6. The Labute approximate surface area is 161 Å². The van der Waals surface area contributed by atoms with Crippen molar-refractivity contribution in [2.45, 2.75) is 101 Å². The van der Waals surface area contributed by atoms with Gasteiger partial charge in [-0.3, -0.25) is 9.69 Å². The zero-order valence-corrected chi connectivity index (χ0v) is 16.4. The van der Waals surface area contributed by atoms with Gasteiger partial charge in [0.1, 0.15) is 6.17 Å². The highest BCUT2D eigenvalue weighted by molar-refractivity contribution is 5.82. The van der Waals surface area contributed by atoms with E-state index < -0.39 is 6.17 Å². The maximum Gasteiger partial charge on any atom is 0.237 e. The molecule has 9 unspecified atom stereocenters. The molecule has 5 rings (SSSR count). The molecule has 9 atom stereocenters. The lowest BCUT2D eigenvalue weighted by atomic mass is 9.77. The maximum atomic E-state index is 14.3. The number of hydrogen-bond acceptors (Lipinski definition) is 4. The van der Waals surface area contributed by atoms with Crippen LogP contribution >= 0.6 is 0 Å². The summed E-state index contributed by atoms with van der Waals surface area (Å²) in [7, 11) is 0. The van der Waals surface area contributed by atoms with Gasteiger partial charge in [-0.1, -0.05) is 6.92 Å². The van der Waals surface area contributed by atoms with Gasteiger partial charge in [0, 0.05) is 36.1 Å². The molecule has 2 N–H and O–H groups in total. The molecule has 3 heterocycles. The van der Waals surface area contributed by atoms with E-state index in [0.717, 1.165) is 32.5 Å². The minimum atomic E-state index is -0.747. The molecule has 3 aliphatic heterocycles. The Bertz CT molecular complexity index is 544. The monoisotopic (exact) mass is 379 g/mol. The van der Waals surface area contributed by atoms with Crippen LogP contribution in [0, 0.1) is 11.8 Å². The summed E-state index contributed by atoms with van der Waals surface area (Å²) in [6.45, 7) is 3.94. The van der Waals surface area contributed by atoms with E-state index in [1.165, 1.54) is 19.3 Å². The highest BCUT2D eigenvalue weighted by atomic mass is 19.1. The second-order valence-corrected chi connectivity index (χ2v) is 9.77. The lowest BCUT2D eigenvalue weighted by Crippen LogP contribution is -2.68. The topological polar surface area (TPSA) is 53.6 Å². The number of nitrogens with one attached hydrogen (secondary N) is 2. The molecule has 0 aromatic carbocycles. The van der Waals surface area contributed by atoms with Gasteiger partial charge < -0.3 is 15.4 Å². The standard InChI is InChI=1S/C21H34FN3O2/c1-12-5-6-18(22)17-9-19(24-20(12)17)21(26)23-13-3-2-4-14(7-13)25-15-8-16(25)11-27-10-15/h12-20,24H,2-11H2,1H3,(H,23,26). The van der Waals surface area contributed by atoms with Gasteiger partial charge in [0.15, 0.2) is 0 Å². The first kappa shape index (κ1) is 18.3. The van der Waals surface area contributed by atoms with Crippen molar-refractivity contribution >= 4 is 5.91 Å². The van der Waals surface area contributed by atoms with Crippen molar-refractivity contribution in [3.05, 3.63) is 0 Å². The molecular formula is C21H34FN3O2. The van der Waals surface area contributed by atoms with Crippen LogP contribution in [0.25, 0.3) is 0 Å². The van der Waals surface area contributed by atoms with E-state index in [2.05, 4.69) is 22.5 Å². The number of fused-ring (bicyclic) bond motifs is 3. The van der Waals surface area contributed by atoms with Crippen LogP contribution in [0.2, 0.25) is 0 Å². The van der Waals surface area contributed by atoms with Gasteiger partial charge in [0.05, 0.1) is 19.3 Å². The van der Waals surface area contributed by atoms with Gasteiger partial charge >= 0.3 is 0 Å². The van der Waals surface area contributed by atoms with Crippen molar-refractivity contribution < 1.29 is 13.9 Å². The summed E-state index contributed by atoms with van der Waals surface area (Å²) in [5.41, 5.74) is 0. The van der Waals surface area contributed by atoms with Gasteiger partial charge in [-0.25, -0.2) is 4.39 Å². The molecular weight excluding hydrogens is 345 g/mol. The number of ether oxygens (including phenoxy) is 1. The lowest BCUT2D eigenvalue weighted by Gasteiger charge is -2.57. The van der Waals surface area contributed by atoms with Crippen molar-refractivity contribution in [2.24, 2.45) is 11.8 Å². The molecule has 6 heteroatoms. The Morgan fingerprint density at radius 1 is 1.07 bits per heavy atom. The third kappa shape index (κ3) is 3.32. The number of alkyl halides is 1. The van der Waals surface area contributed by atoms with Crippen LogP contribution in [0.15, 0.2) is 0 Å². The minimum Gasteiger partial charge on any atom is -0.378 e. The first-order chi connectivity index (χ1) is 13.1. The van der Waals surface area contributed by atoms with Crippen molar-refractivity contribution in [1.29, 1.82) is 0 Å². The molecule has 0 radical (unpaired) electrons. The average Bonchev–Trinajstić information content (AvgIpc) is 3.13. The Kier molecular flexibility index (Phi) is 4.93. The first-order valence-electron chi connectivity index (χ1n) is 11.2. The number of nitrogens with zero attached hydrogens (tertiary/aromatic N) is 1.